The molecule has 0 saturated heterocycles. The third-order valence-corrected chi connectivity index (χ3v) is 5.74. The minimum absolute atomic E-state index is 0.00327. The standard InChI is InChI=1S/C18H22F2N2OS/c1-2-3-4-11-5-7-12(8-6-11)17(23)22-18-21-16-14(20)9-13(19)10-15(16)24-18/h9-12H,2-8H2,1H3,(H,21,22,23). The van der Waals surface area contributed by atoms with Gasteiger partial charge in [-0.25, -0.2) is 13.8 Å². The summed E-state index contributed by atoms with van der Waals surface area (Å²) in [5, 5.41) is 3.13. The number of thiazole rings is 1. The molecule has 130 valence electrons. The van der Waals surface area contributed by atoms with E-state index in [2.05, 4.69) is 17.2 Å². The van der Waals surface area contributed by atoms with Crippen LogP contribution in [0.2, 0.25) is 0 Å². The van der Waals surface area contributed by atoms with Crippen LogP contribution in [0.1, 0.15) is 51.9 Å². The molecule has 1 aromatic carbocycles. The van der Waals surface area contributed by atoms with Crippen LogP contribution in [0.15, 0.2) is 12.1 Å². The third-order valence-electron chi connectivity index (χ3n) is 4.83. The second-order valence-electron chi connectivity index (χ2n) is 6.60. The molecule has 0 unspecified atom stereocenters. The second-order valence-corrected chi connectivity index (χ2v) is 7.63. The highest BCUT2D eigenvalue weighted by Crippen LogP contribution is 2.34. The lowest BCUT2D eigenvalue weighted by molar-refractivity contribution is -0.121. The highest BCUT2D eigenvalue weighted by atomic mass is 32.1. The fourth-order valence-electron chi connectivity index (χ4n) is 3.42. The Morgan fingerprint density at radius 3 is 2.75 bits per heavy atom. The zero-order valence-corrected chi connectivity index (χ0v) is 14.6. The maximum atomic E-state index is 13.7. The number of hydrogen-bond donors (Lipinski definition) is 1. The summed E-state index contributed by atoms with van der Waals surface area (Å²) in [5.41, 5.74) is 0.111. The average Bonchev–Trinajstić information content (AvgIpc) is 2.96. The van der Waals surface area contributed by atoms with Crippen molar-refractivity contribution in [3.63, 3.8) is 0 Å². The molecule has 1 N–H and O–H groups in total. The SMILES string of the molecule is CCCCC1CCC(C(=O)Nc2nc3c(F)cc(F)cc3s2)CC1. The van der Waals surface area contributed by atoms with E-state index in [1.54, 1.807) is 0 Å². The number of nitrogens with one attached hydrogen (secondary N) is 1. The summed E-state index contributed by atoms with van der Waals surface area (Å²) >= 11 is 1.11. The van der Waals surface area contributed by atoms with Crippen molar-refractivity contribution in [2.24, 2.45) is 11.8 Å². The van der Waals surface area contributed by atoms with E-state index in [0.717, 1.165) is 49.0 Å². The van der Waals surface area contributed by atoms with E-state index in [1.807, 2.05) is 0 Å². The number of anilines is 1. The second kappa shape index (κ2) is 7.55. The summed E-state index contributed by atoms with van der Waals surface area (Å²) in [6.45, 7) is 2.20. The van der Waals surface area contributed by atoms with Crippen LogP contribution in [0, 0.1) is 23.5 Å². The molecule has 6 heteroatoms. The van der Waals surface area contributed by atoms with Crippen molar-refractivity contribution in [2.75, 3.05) is 5.32 Å². The molecule has 0 atom stereocenters. The van der Waals surface area contributed by atoms with Crippen LogP contribution >= 0.6 is 11.3 Å². The van der Waals surface area contributed by atoms with Gasteiger partial charge in [-0.3, -0.25) is 4.79 Å². The molecule has 0 aliphatic heterocycles. The van der Waals surface area contributed by atoms with Crippen molar-refractivity contribution in [2.45, 2.75) is 51.9 Å². The van der Waals surface area contributed by atoms with Crippen LogP contribution in [0.4, 0.5) is 13.9 Å². The molecule has 1 aliphatic carbocycles. The van der Waals surface area contributed by atoms with Gasteiger partial charge in [0.15, 0.2) is 10.9 Å². The molecule has 3 nitrogen and oxygen atoms in total. The molecule has 1 heterocycles. The van der Waals surface area contributed by atoms with E-state index < -0.39 is 11.6 Å². The summed E-state index contributed by atoms with van der Waals surface area (Å²) in [4.78, 5) is 16.5. The lowest BCUT2D eigenvalue weighted by Gasteiger charge is -2.27. The average molecular weight is 352 g/mol. The molecule has 0 bridgehead atoms. The summed E-state index contributed by atoms with van der Waals surface area (Å²) in [6, 6.07) is 2.05. The topological polar surface area (TPSA) is 42.0 Å². The maximum Gasteiger partial charge on any atom is 0.229 e. The summed E-state index contributed by atoms with van der Waals surface area (Å²) in [6.07, 6.45) is 7.72. The molecule has 1 fully saturated rings. The molecule has 1 aromatic heterocycles. The van der Waals surface area contributed by atoms with Gasteiger partial charge in [0.25, 0.3) is 0 Å². The van der Waals surface area contributed by atoms with Gasteiger partial charge in [-0.2, -0.15) is 0 Å². The Kier molecular flexibility index (Phi) is 5.43. The van der Waals surface area contributed by atoms with E-state index in [1.165, 1.54) is 25.3 Å². The molecular formula is C18H22F2N2OS. The first-order valence-corrected chi connectivity index (χ1v) is 9.45. The predicted octanol–water partition coefficient (Wildman–Crippen LogP) is 5.51. The molecule has 1 aliphatic rings. The summed E-state index contributed by atoms with van der Waals surface area (Å²) < 4.78 is 27.3. The molecule has 1 amide bonds. The van der Waals surface area contributed by atoms with E-state index in [0.29, 0.717) is 9.83 Å². The van der Waals surface area contributed by atoms with Crippen LogP contribution in [0.3, 0.4) is 0 Å². The molecule has 0 radical (unpaired) electrons. The third kappa shape index (κ3) is 3.91. The van der Waals surface area contributed by atoms with Crippen molar-refractivity contribution >= 4 is 32.6 Å². The highest BCUT2D eigenvalue weighted by molar-refractivity contribution is 7.22. The first kappa shape index (κ1) is 17.3. The number of carbonyl (C=O) groups excluding carboxylic acids is 1. The smallest absolute Gasteiger partial charge is 0.229 e. The van der Waals surface area contributed by atoms with Gasteiger partial charge in [-0.15, -0.1) is 0 Å². The van der Waals surface area contributed by atoms with Gasteiger partial charge in [0, 0.05) is 12.0 Å². The number of fused-ring (bicyclic) bond motifs is 1. The number of rotatable bonds is 5. The molecule has 3 rings (SSSR count). The van der Waals surface area contributed by atoms with Gasteiger partial charge in [0.05, 0.1) is 4.70 Å². The minimum Gasteiger partial charge on any atom is -0.302 e. The van der Waals surface area contributed by atoms with Crippen molar-refractivity contribution in [1.29, 1.82) is 0 Å². The molecular weight excluding hydrogens is 330 g/mol. The first-order chi connectivity index (χ1) is 11.6. The van der Waals surface area contributed by atoms with Crippen LogP contribution < -0.4 is 5.32 Å². The van der Waals surface area contributed by atoms with E-state index in [9.17, 15) is 13.6 Å². The Labute approximate surface area is 144 Å². The molecule has 0 spiro atoms. The highest BCUT2D eigenvalue weighted by Gasteiger charge is 2.26. The monoisotopic (exact) mass is 352 g/mol. The van der Waals surface area contributed by atoms with Gasteiger partial charge in [-0.05, 0) is 37.7 Å². The summed E-state index contributed by atoms with van der Waals surface area (Å²) in [5.74, 6) is -0.640. The van der Waals surface area contributed by atoms with Crippen LogP contribution in [0.5, 0.6) is 0 Å². The van der Waals surface area contributed by atoms with Gasteiger partial charge >= 0.3 is 0 Å². The quantitative estimate of drug-likeness (QED) is 0.771. The van der Waals surface area contributed by atoms with E-state index >= 15 is 0 Å². The Morgan fingerprint density at radius 1 is 1.29 bits per heavy atom. The Morgan fingerprint density at radius 2 is 2.04 bits per heavy atom. The minimum atomic E-state index is -0.696. The van der Waals surface area contributed by atoms with Crippen LogP contribution in [-0.2, 0) is 4.79 Å². The van der Waals surface area contributed by atoms with E-state index in [4.69, 9.17) is 0 Å². The number of carbonyl (C=O) groups is 1. The Bertz CT molecular complexity index is 723. The van der Waals surface area contributed by atoms with Gasteiger partial charge < -0.3 is 5.32 Å². The van der Waals surface area contributed by atoms with Crippen molar-refractivity contribution in [3.8, 4) is 0 Å². The van der Waals surface area contributed by atoms with Crippen LogP contribution in [0.25, 0.3) is 10.2 Å². The van der Waals surface area contributed by atoms with Crippen molar-refractivity contribution in [3.05, 3.63) is 23.8 Å². The Balaban J connectivity index is 1.60. The largest absolute Gasteiger partial charge is 0.302 e. The van der Waals surface area contributed by atoms with Gasteiger partial charge in [0.2, 0.25) is 5.91 Å². The molecule has 1 saturated carbocycles. The van der Waals surface area contributed by atoms with Gasteiger partial charge in [0.1, 0.15) is 11.3 Å². The van der Waals surface area contributed by atoms with Crippen molar-refractivity contribution in [1.82, 2.24) is 4.98 Å². The predicted molar refractivity (Wildman–Crippen MR) is 93.1 cm³/mol. The fourth-order valence-corrected chi connectivity index (χ4v) is 4.33. The molecule has 2 aromatic rings. The number of aromatic nitrogens is 1. The first-order valence-electron chi connectivity index (χ1n) is 8.63. The number of amides is 1. The fraction of sp³-hybridized carbons (Fsp3) is 0.556. The number of benzene rings is 1. The maximum absolute atomic E-state index is 13.7. The number of unbranched alkanes of at least 4 members (excludes halogenated alkanes) is 1. The number of nitrogens with zero attached hydrogens (tertiary/aromatic N) is 1. The summed E-state index contributed by atoms with van der Waals surface area (Å²) in [7, 11) is 0. The normalized spacial score (nSPS) is 21.1. The number of halogens is 2. The van der Waals surface area contributed by atoms with Gasteiger partial charge in [-0.1, -0.05) is 37.5 Å². The zero-order chi connectivity index (χ0) is 17.1. The van der Waals surface area contributed by atoms with E-state index in [-0.39, 0.29) is 17.3 Å². The lowest BCUT2D eigenvalue weighted by Crippen LogP contribution is -2.27. The van der Waals surface area contributed by atoms with Crippen molar-refractivity contribution < 1.29 is 13.6 Å². The molecule has 24 heavy (non-hydrogen) atoms. The Hall–Kier alpha value is -1.56. The van der Waals surface area contributed by atoms with Crippen LogP contribution in [-0.4, -0.2) is 10.9 Å². The zero-order valence-electron chi connectivity index (χ0n) is 13.8. The lowest BCUT2D eigenvalue weighted by atomic mass is 9.79. The number of hydrogen-bond acceptors (Lipinski definition) is 3.